The first-order valence-electron chi connectivity index (χ1n) is 8.41. The minimum atomic E-state index is -2.67. The average molecular weight is 403 g/mol. The highest BCUT2D eigenvalue weighted by molar-refractivity contribution is 7.97. The third-order valence-electron chi connectivity index (χ3n) is 3.33. The molecular weight excluding hydrogens is 376 g/mol. The lowest BCUT2D eigenvalue weighted by Gasteiger charge is -2.28. The molecule has 8 heteroatoms. The summed E-state index contributed by atoms with van der Waals surface area (Å²) in [5, 5.41) is -0.0495. The number of thiocarbonyl (C=S) groups is 1. The molecule has 1 rings (SSSR count). The third kappa shape index (κ3) is 7.16. The number of hydrogen-bond acceptors (Lipinski definition) is 6. The van der Waals surface area contributed by atoms with E-state index in [1.165, 1.54) is 0 Å². The number of hydrogen-bond donors (Lipinski definition) is 1. The quantitative estimate of drug-likeness (QED) is 0.248. The molecule has 0 amide bonds. The van der Waals surface area contributed by atoms with E-state index < -0.39 is 8.80 Å². The molecule has 5 nitrogen and oxygen atoms in total. The van der Waals surface area contributed by atoms with Gasteiger partial charge in [0.25, 0.3) is 0 Å². The number of rotatable bonds is 12. The molecule has 0 unspecified atom stereocenters. The second kappa shape index (κ2) is 11.8. The Morgan fingerprint density at radius 3 is 2.04 bits per heavy atom. The first kappa shape index (κ1) is 22.3. The molecule has 1 aromatic rings. The molecule has 0 saturated heterocycles. The van der Waals surface area contributed by atoms with E-state index in [0.29, 0.717) is 50.0 Å². The van der Waals surface area contributed by atoms with E-state index in [9.17, 15) is 4.79 Å². The second-order valence-corrected chi connectivity index (χ2v) is 8.58. The van der Waals surface area contributed by atoms with Crippen LogP contribution in [-0.2, 0) is 18.0 Å². The van der Waals surface area contributed by atoms with Crippen molar-refractivity contribution in [3.63, 3.8) is 0 Å². The Morgan fingerprint density at radius 2 is 1.56 bits per heavy atom. The monoisotopic (exact) mass is 402 g/mol. The molecule has 0 bridgehead atoms. The average Bonchev–Trinajstić information content (AvgIpc) is 2.59. The lowest BCUT2D eigenvalue weighted by atomic mass is 10.1. The molecule has 0 aromatic heterocycles. The van der Waals surface area contributed by atoms with Crippen molar-refractivity contribution in [3.8, 4) is 0 Å². The first-order valence-corrected chi connectivity index (χ1v) is 11.2. The van der Waals surface area contributed by atoms with Gasteiger partial charge in [-0.1, -0.05) is 12.1 Å². The molecule has 0 radical (unpaired) electrons. The summed E-state index contributed by atoms with van der Waals surface area (Å²) < 4.78 is 23.1. The molecule has 0 saturated carbocycles. The highest BCUT2D eigenvalue weighted by Gasteiger charge is 2.39. The smallest absolute Gasteiger partial charge is 0.483 e. The Morgan fingerprint density at radius 1 is 1.04 bits per heavy atom. The van der Waals surface area contributed by atoms with E-state index in [-0.39, 0.29) is 10.2 Å². The largest absolute Gasteiger partial charge is 0.501 e. The third-order valence-corrected chi connectivity index (χ3v) is 7.06. The first-order chi connectivity index (χ1) is 12.0. The molecule has 1 aromatic carbocycles. The highest BCUT2D eigenvalue weighted by Crippen LogP contribution is 2.19. The molecule has 25 heavy (non-hydrogen) atoms. The zero-order valence-corrected chi connectivity index (χ0v) is 17.7. The summed E-state index contributed by atoms with van der Waals surface area (Å²) in [4.78, 5) is 11.6. The standard InChI is InChI=1S/C17H26O5S2Si/c1-4-20-25(21-5-2,22-6-3)13-9-12-19-17(24)15-11-8-7-10-14(15)16(18)23/h7-8,10-11H,4-6,9,12-13H2,1-3H3,(H,18,23). The number of thiol groups is 1. The maximum absolute atomic E-state index is 11.6. The lowest BCUT2D eigenvalue weighted by Crippen LogP contribution is -2.46. The van der Waals surface area contributed by atoms with Crippen LogP contribution in [0.4, 0.5) is 0 Å². The van der Waals surface area contributed by atoms with Crippen molar-refractivity contribution in [1.82, 2.24) is 0 Å². The number of benzene rings is 1. The molecule has 0 N–H and O–H groups in total. The molecular formula is C17H26O5S2Si. The molecule has 0 heterocycles. The van der Waals surface area contributed by atoms with Gasteiger partial charge in [-0.3, -0.25) is 4.79 Å². The maximum Gasteiger partial charge on any atom is 0.501 e. The van der Waals surface area contributed by atoms with E-state index in [1.54, 1.807) is 18.2 Å². The number of ether oxygens (including phenoxy) is 1. The van der Waals surface area contributed by atoms with Crippen LogP contribution in [0.1, 0.15) is 43.1 Å². The fourth-order valence-electron chi connectivity index (χ4n) is 2.38. The topological polar surface area (TPSA) is 54.0 Å². The summed E-state index contributed by atoms with van der Waals surface area (Å²) in [7, 11) is -2.67. The summed E-state index contributed by atoms with van der Waals surface area (Å²) in [5.74, 6) is 0. The minimum absolute atomic E-state index is 0.287. The maximum atomic E-state index is 11.6. The summed E-state index contributed by atoms with van der Waals surface area (Å²) in [6.45, 7) is 7.81. The summed E-state index contributed by atoms with van der Waals surface area (Å²) in [6.07, 6.45) is 0.684. The lowest BCUT2D eigenvalue weighted by molar-refractivity contribution is 0.0695. The van der Waals surface area contributed by atoms with E-state index in [4.69, 9.17) is 30.2 Å². The van der Waals surface area contributed by atoms with Crippen LogP contribution < -0.4 is 0 Å². The van der Waals surface area contributed by atoms with Gasteiger partial charge in [-0.15, -0.1) is 12.6 Å². The van der Waals surface area contributed by atoms with Crippen molar-refractivity contribution in [2.24, 2.45) is 0 Å². The van der Waals surface area contributed by atoms with E-state index in [2.05, 4.69) is 12.6 Å². The van der Waals surface area contributed by atoms with Crippen molar-refractivity contribution in [2.45, 2.75) is 33.2 Å². The van der Waals surface area contributed by atoms with Gasteiger partial charge in [0.15, 0.2) is 5.05 Å². The number of carbonyl (C=O) groups is 1. The van der Waals surface area contributed by atoms with Gasteiger partial charge in [0.1, 0.15) is 0 Å². The van der Waals surface area contributed by atoms with Gasteiger partial charge in [-0.05, 0) is 51.5 Å². The predicted octanol–water partition coefficient (Wildman–Crippen LogP) is 3.89. The molecule has 0 atom stereocenters. The summed E-state index contributed by atoms with van der Waals surface area (Å²) >= 11 is 9.17. The van der Waals surface area contributed by atoms with Gasteiger partial charge in [0, 0.05) is 37.0 Å². The van der Waals surface area contributed by atoms with Crippen LogP contribution in [0.2, 0.25) is 6.04 Å². The Bertz CT molecular complexity index is 551. The van der Waals surface area contributed by atoms with E-state index in [1.807, 2.05) is 26.8 Å². The molecule has 0 fully saturated rings. The van der Waals surface area contributed by atoms with Crippen LogP contribution in [0.25, 0.3) is 0 Å². The van der Waals surface area contributed by atoms with E-state index in [0.717, 1.165) is 0 Å². The Hall–Kier alpha value is -0.773. The second-order valence-electron chi connectivity index (χ2n) is 5.07. The predicted molar refractivity (Wildman–Crippen MR) is 107 cm³/mol. The van der Waals surface area contributed by atoms with Crippen LogP contribution in [0, 0.1) is 0 Å². The van der Waals surface area contributed by atoms with Crippen molar-refractivity contribution in [3.05, 3.63) is 35.4 Å². The van der Waals surface area contributed by atoms with E-state index >= 15 is 0 Å². The summed E-state index contributed by atoms with van der Waals surface area (Å²) in [6, 6.07) is 7.66. The van der Waals surface area contributed by atoms with Crippen molar-refractivity contribution < 1.29 is 22.8 Å². The molecule has 0 aliphatic carbocycles. The molecule has 140 valence electrons. The van der Waals surface area contributed by atoms with Gasteiger partial charge >= 0.3 is 8.80 Å². The van der Waals surface area contributed by atoms with Crippen molar-refractivity contribution in [2.75, 3.05) is 26.4 Å². The van der Waals surface area contributed by atoms with Crippen molar-refractivity contribution >= 4 is 43.8 Å². The van der Waals surface area contributed by atoms with Crippen molar-refractivity contribution in [1.29, 1.82) is 0 Å². The SMILES string of the molecule is CCO[Si](CCCOC(=S)c1ccccc1C(=O)S)(OCC)OCC. The highest BCUT2D eigenvalue weighted by atomic mass is 32.1. The fourth-order valence-corrected chi connectivity index (χ4v) is 5.42. The van der Waals surface area contributed by atoms with Crippen LogP contribution >= 0.6 is 24.8 Å². The molecule has 0 aliphatic heterocycles. The Balaban J connectivity index is 2.61. The Kier molecular flexibility index (Phi) is 10.5. The van der Waals surface area contributed by atoms with Gasteiger partial charge in [0.2, 0.25) is 5.12 Å². The van der Waals surface area contributed by atoms with Crippen LogP contribution in [0.15, 0.2) is 24.3 Å². The summed E-state index contributed by atoms with van der Waals surface area (Å²) in [5.41, 5.74) is 1.03. The Labute approximate surface area is 161 Å². The zero-order chi connectivity index (χ0) is 18.7. The van der Waals surface area contributed by atoms with Gasteiger partial charge in [0.05, 0.1) is 6.61 Å². The van der Waals surface area contributed by atoms with Crippen LogP contribution in [-0.4, -0.2) is 45.4 Å². The normalized spacial score (nSPS) is 11.4. The van der Waals surface area contributed by atoms with Crippen LogP contribution in [0.5, 0.6) is 0 Å². The zero-order valence-electron chi connectivity index (χ0n) is 14.9. The van der Waals surface area contributed by atoms with Gasteiger partial charge in [-0.2, -0.15) is 0 Å². The molecule has 0 aliphatic rings. The fraction of sp³-hybridized carbons (Fsp3) is 0.529. The number of carbonyl (C=O) groups excluding carboxylic acids is 1. The van der Waals surface area contributed by atoms with Gasteiger partial charge in [-0.25, -0.2) is 0 Å². The van der Waals surface area contributed by atoms with Crippen LogP contribution in [0.3, 0.4) is 0 Å². The molecule has 0 spiro atoms. The van der Waals surface area contributed by atoms with Gasteiger partial charge < -0.3 is 18.0 Å². The minimum Gasteiger partial charge on any atom is -0.483 e.